The van der Waals surface area contributed by atoms with E-state index in [0.717, 1.165) is 15.2 Å². The zero-order valence-corrected chi connectivity index (χ0v) is 10.7. The monoisotopic (exact) mass is 223 g/mol. The van der Waals surface area contributed by atoms with E-state index in [1.54, 1.807) is 17.5 Å². The van der Waals surface area contributed by atoms with Gasteiger partial charge in [0.15, 0.2) is 10.2 Å². The van der Waals surface area contributed by atoms with E-state index < -0.39 is 0 Å². The maximum absolute atomic E-state index is 4.57. The molecule has 0 saturated heterocycles. The molecule has 0 fully saturated rings. The maximum Gasteiger partial charge on any atom is 0.189 e. The van der Waals surface area contributed by atoms with Gasteiger partial charge >= 0.3 is 0 Å². The van der Waals surface area contributed by atoms with E-state index in [0.29, 0.717) is 0 Å². The van der Waals surface area contributed by atoms with Crippen molar-refractivity contribution in [3.63, 3.8) is 0 Å². The fourth-order valence-electron chi connectivity index (χ4n) is 1.15. The van der Waals surface area contributed by atoms with Crippen LogP contribution in [0.2, 0.25) is 0 Å². The molecule has 82 valence electrons. The molecule has 0 unspecified atom stereocenters. The van der Waals surface area contributed by atoms with Gasteiger partial charge in [-0.25, -0.2) is 9.98 Å². The highest BCUT2D eigenvalue weighted by Gasteiger charge is 2.13. The molecule has 0 bridgehead atoms. The van der Waals surface area contributed by atoms with Gasteiger partial charge in [0.2, 0.25) is 0 Å². The Morgan fingerprint density at radius 2 is 1.93 bits per heavy atom. The van der Waals surface area contributed by atoms with Crippen molar-refractivity contribution in [3.8, 4) is 0 Å². The average molecular weight is 223 g/mol. The number of nitrogens with zero attached hydrogens (tertiary/aromatic N) is 3. The van der Waals surface area contributed by atoms with Crippen LogP contribution in [0.5, 0.6) is 0 Å². The third-order valence-corrected chi connectivity index (χ3v) is 2.62. The first-order valence-electron chi connectivity index (χ1n) is 5.16. The molecule has 0 aromatic carbocycles. The molecule has 1 aromatic heterocycles. The number of fused-ring (bicyclic) bond motifs is 1. The summed E-state index contributed by atoms with van der Waals surface area (Å²) in [6.45, 7) is 10.1. The Morgan fingerprint density at radius 1 is 1.27 bits per heavy atom. The second-order valence-electron chi connectivity index (χ2n) is 3.57. The predicted molar refractivity (Wildman–Crippen MR) is 63.7 cm³/mol. The van der Waals surface area contributed by atoms with Crippen molar-refractivity contribution in [3.05, 3.63) is 27.4 Å². The molecule has 0 saturated carbocycles. The van der Waals surface area contributed by atoms with Crippen molar-refractivity contribution in [1.29, 1.82) is 0 Å². The first kappa shape index (κ1) is 12.0. The molecule has 3 nitrogen and oxygen atoms in total. The van der Waals surface area contributed by atoms with Crippen LogP contribution in [0.4, 0.5) is 0 Å². The van der Waals surface area contributed by atoms with Gasteiger partial charge in [0.1, 0.15) is 0 Å². The van der Waals surface area contributed by atoms with E-state index in [9.17, 15) is 0 Å². The summed E-state index contributed by atoms with van der Waals surface area (Å²) >= 11 is 1.59. The molecule has 1 aliphatic heterocycles. The van der Waals surface area contributed by atoms with Crippen LogP contribution in [0.15, 0.2) is 22.3 Å². The van der Waals surface area contributed by atoms with Crippen molar-refractivity contribution in [1.82, 2.24) is 4.98 Å². The van der Waals surface area contributed by atoms with Crippen LogP contribution < -0.4 is 10.2 Å². The lowest BCUT2D eigenvalue weighted by Crippen LogP contribution is -2.25. The normalized spacial score (nSPS) is 16.3. The van der Waals surface area contributed by atoms with Crippen LogP contribution in [-0.2, 0) is 0 Å². The summed E-state index contributed by atoms with van der Waals surface area (Å²) in [4.78, 5) is 13.1. The number of aryl methyl sites for hydroxylation is 1. The second-order valence-corrected chi connectivity index (χ2v) is 4.75. The van der Waals surface area contributed by atoms with Gasteiger partial charge in [-0.2, -0.15) is 0 Å². The van der Waals surface area contributed by atoms with Crippen molar-refractivity contribution in [2.45, 2.75) is 40.2 Å². The quantitative estimate of drug-likeness (QED) is 0.663. The SMILES string of the molecule is CC.Cc1nc2c(s1)=NC(C)(C)C=CN=2. The van der Waals surface area contributed by atoms with Crippen molar-refractivity contribution >= 4 is 11.3 Å². The summed E-state index contributed by atoms with van der Waals surface area (Å²) in [5.74, 6) is 0. The van der Waals surface area contributed by atoms with Crippen molar-refractivity contribution in [2.24, 2.45) is 9.98 Å². The van der Waals surface area contributed by atoms with E-state index in [2.05, 4.69) is 28.8 Å². The molecular weight excluding hydrogens is 206 g/mol. The standard InChI is InChI=1S/C9H11N3S.C2H6/c1-6-11-7-8(13-6)12-9(2,3)4-5-10-7;1-2/h4-5H,1-3H3;1-2H3. The number of hydrogen-bond donors (Lipinski definition) is 0. The molecule has 0 aliphatic carbocycles. The van der Waals surface area contributed by atoms with Gasteiger partial charge in [-0.1, -0.05) is 25.2 Å². The van der Waals surface area contributed by atoms with Crippen molar-refractivity contribution < 1.29 is 0 Å². The number of thiazole rings is 1. The zero-order chi connectivity index (χ0) is 11.5. The van der Waals surface area contributed by atoms with Crippen LogP contribution in [0.3, 0.4) is 0 Å². The Kier molecular flexibility index (Phi) is 3.74. The summed E-state index contributed by atoms with van der Waals surface area (Å²) in [5.41, 5.74) is 0.595. The topological polar surface area (TPSA) is 37.6 Å². The lowest BCUT2D eigenvalue weighted by Gasteiger charge is -2.10. The summed E-state index contributed by atoms with van der Waals surface area (Å²) in [7, 11) is 0. The van der Waals surface area contributed by atoms with E-state index in [4.69, 9.17) is 0 Å². The predicted octanol–water partition coefficient (Wildman–Crippen LogP) is 2.02. The fraction of sp³-hybridized carbons (Fsp3) is 0.545. The van der Waals surface area contributed by atoms with Crippen LogP contribution >= 0.6 is 11.3 Å². The van der Waals surface area contributed by atoms with Gasteiger partial charge in [0.05, 0.1) is 10.5 Å². The lowest BCUT2D eigenvalue weighted by atomic mass is 10.1. The molecule has 0 atom stereocenters. The van der Waals surface area contributed by atoms with E-state index in [-0.39, 0.29) is 5.54 Å². The van der Waals surface area contributed by atoms with E-state index in [1.165, 1.54) is 0 Å². The van der Waals surface area contributed by atoms with Gasteiger partial charge in [-0.15, -0.1) is 0 Å². The molecule has 0 spiro atoms. The number of hydrogen-bond acceptors (Lipinski definition) is 4. The molecule has 1 aliphatic rings. The first-order valence-corrected chi connectivity index (χ1v) is 5.97. The Hall–Kier alpha value is -1.03. The minimum absolute atomic E-state index is 0.159. The molecule has 15 heavy (non-hydrogen) atoms. The highest BCUT2D eigenvalue weighted by atomic mass is 32.1. The van der Waals surface area contributed by atoms with E-state index in [1.807, 2.05) is 26.8 Å². The summed E-state index contributed by atoms with van der Waals surface area (Å²) < 4.78 is 0.938. The summed E-state index contributed by atoms with van der Waals surface area (Å²) in [6, 6.07) is 0. The van der Waals surface area contributed by atoms with Gasteiger partial charge in [-0.05, 0) is 26.8 Å². The molecule has 0 radical (unpaired) electrons. The minimum atomic E-state index is -0.159. The Bertz CT molecular complexity index is 469. The molecule has 1 aromatic rings. The van der Waals surface area contributed by atoms with Crippen LogP contribution in [-0.4, -0.2) is 10.5 Å². The van der Waals surface area contributed by atoms with Crippen molar-refractivity contribution in [2.75, 3.05) is 0 Å². The average Bonchev–Trinajstić information content (AvgIpc) is 2.42. The van der Waals surface area contributed by atoms with E-state index >= 15 is 0 Å². The molecule has 0 N–H and O–H groups in total. The molecule has 2 rings (SSSR count). The largest absolute Gasteiger partial charge is 0.261 e. The first-order chi connectivity index (χ1) is 7.07. The number of aromatic nitrogens is 1. The second kappa shape index (κ2) is 4.66. The van der Waals surface area contributed by atoms with Gasteiger partial charge in [-0.3, -0.25) is 4.99 Å². The third kappa shape index (κ3) is 2.96. The van der Waals surface area contributed by atoms with Gasteiger partial charge in [0.25, 0.3) is 0 Å². The lowest BCUT2D eigenvalue weighted by molar-refractivity contribution is 0.641. The van der Waals surface area contributed by atoms with Crippen LogP contribution in [0.1, 0.15) is 32.7 Å². The summed E-state index contributed by atoms with van der Waals surface area (Å²) in [5, 5.41) is 1.02. The Morgan fingerprint density at radius 3 is 2.60 bits per heavy atom. The fourth-order valence-corrected chi connectivity index (χ4v) is 2.03. The van der Waals surface area contributed by atoms with Gasteiger partial charge < -0.3 is 0 Å². The minimum Gasteiger partial charge on any atom is -0.261 e. The molecule has 4 heteroatoms. The summed E-state index contributed by atoms with van der Waals surface area (Å²) in [6.07, 6.45) is 3.77. The zero-order valence-electron chi connectivity index (χ0n) is 9.90. The highest BCUT2D eigenvalue weighted by molar-refractivity contribution is 7.08. The van der Waals surface area contributed by atoms with Crippen LogP contribution in [0, 0.1) is 6.92 Å². The molecule has 0 amide bonds. The smallest absolute Gasteiger partial charge is 0.189 e. The van der Waals surface area contributed by atoms with Crippen LogP contribution in [0.25, 0.3) is 0 Å². The van der Waals surface area contributed by atoms with Gasteiger partial charge in [0, 0.05) is 6.20 Å². The Balaban J connectivity index is 0.000000531. The molecular formula is C11H17N3S. The third-order valence-electron chi connectivity index (χ3n) is 1.77. The Labute approximate surface area is 94.3 Å². The molecule has 2 heterocycles. The number of rotatable bonds is 0. The highest BCUT2D eigenvalue weighted by Crippen LogP contribution is 2.10. The maximum atomic E-state index is 4.57.